The highest BCUT2D eigenvalue weighted by atomic mass is 19.4. The molecule has 0 saturated carbocycles. The molecule has 16 heteroatoms. The summed E-state index contributed by atoms with van der Waals surface area (Å²) in [5.41, 5.74) is 18.1. The Labute approximate surface area is 294 Å². The molecule has 0 bridgehead atoms. The summed E-state index contributed by atoms with van der Waals surface area (Å²) in [5.74, 6) is -2.85. The molecule has 0 aliphatic heterocycles. The van der Waals surface area contributed by atoms with Crippen molar-refractivity contribution < 1.29 is 52.7 Å². The number of hydrogen-bond acceptors (Lipinski definition) is 4. The van der Waals surface area contributed by atoms with Gasteiger partial charge in [0.15, 0.2) is 0 Å². The van der Waals surface area contributed by atoms with E-state index in [1.54, 1.807) is 0 Å². The molecule has 53 heavy (non-hydrogen) atoms. The van der Waals surface area contributed by atoms with Crippen LogP contribution in [0.3, 0.4) is 0 Å². The summed E-state index contributed by atoms with van der Waals surface area (Å²) in [7, 11) is 0. The van der Waals surface area contributed by atoms with Gasteiger partial charge in [-0.05, 0) is 113 Å². The van der Waals surface area contributed by atoms with E-state index in [0.29, 0.717) is 48.5 Å². The lowest BCUT2D eigenvalue weighted by atomic mass is 9.79. The largest absolute Gasteiger partial charge is 0.416 e. The Morgan fingerprint density at radius 1 is 0.396 bits per heavy atom. The van der Waals surface area contributed by atoms with Crippen LogP contribution in [0.1, 0.15) is 67.5 Å². The number of halogens is 12. The maximum absolute atomic E-state index is 13.9. The molecule has 0 aliphatic rings. The summed E-state index contributed by atoms with van der Waals surface area (Å²) in [6, 6.07) is 14.7. The zero-order chi connectivity index (χ0) is 39.3. The summed E-state index contributed by atoms with van der Waals surface area (Å²) in [5, 5.41) is 0. The monoisotopic (exact) mass is 756 g/mol. The number of rotatable bonds is 7. The molecule has 0 aromatic heterocycles. The first kappa shape index (κ1) is 38.7. The van der Waals surface area contributed by atoms with Crippen molar-refractivity contribution >= 4 is 22.7 Å². The van der Waals surface area contributed by atoms with Crippen molar-refractivity contribution in [3.05, 3.63) is 153 Å². The second-order valence-electron chi connectivity index (χ2n) is 12.3. The zero-order valence-corrected chi connectivity index (χ0v) is 26.9. The highest BCUT2D eigenvalue weighted by molar-refractivity contribution is 5.64. The Morgan fingerprint density at radius 3 is 1.06 bits per heavy atom. The third-order valence-corrected chi connectivity index (χ3v) is 8.75. The number of benzene rings is 5. The molecule has 0 atom stereocenters. The van der Waals surface area contributed by atoms with Crippen molar-refractivity contribution in [3.8, 4) is 0 Å². The van der Waals surface area contributed by atoms with Crippen LogP contribution in [0.25, 0.3) is 0 Å². The van der Waals surface area contributed by atoms with Crippen LogP contribution in [0.4, 0.5) is 75.4 Å². The van der Waals surface area contributed by atoms with Gasteiger partial charge in [-0.25, -0.2) is 0 Å². The first-order valence-electron chi connectivity index (χ1n) is 15.4. The highest BCUT2D eigenvalue weighted by Crippen LogP contribution is 2.45. The Kier molecular flexibility index (Phi) is 10.1. The first-order valence-corrected chi connectivity index (χ1v) is 15.4. The average Bonchev–Trinajstić information content (AvgIpc) is 3.04. The van der Waals surface area contributed by atoms with Gasteiger partial charge in [-0.1, -0.05) is 24.3 Å². The molecule has 0 fully saturated rings. The summed E-state index contributed by atoms with van der Waals surface area (Å²) < 4.78 is 166. The second kappa shape index (κ2) is 13.8. The van der Waals surface area contributed by atoms with Crippen LogP contribution >= 0.6 is 0 Å². The van der Waals surface area contributed by atoms with E-state index in [0.717, 1.165) is 24.3 Å². The number of hydrogen-bond donors (Lipinski definition) is 4. The molecule has 0 heterocycles. The van der Waals surface area contributed by atoms with Crippen LogP contribution in [-0.4, -0.2) is 0 Å². The maximum atomic E-state index is 13.9. The van der Waals surface area contributed by atoms with Crippen molar-refractivity contribution in [3.63, 3.8) is 0 Å². The predicted molar refractivity (Wildman–Crippen MR) is 176 cm³/mol. The van der Waals surface area contributed by atoms with Crippen molar-refractivity contribution in [2.75, 3.05) is 22.9 Å². The molecule has 280 valence electrons. The fourth-order valence-electron chi connectivity index (χ4n) is 6.16. The van der Waals surface area contributed by atoms with Crippen LogP contribution in [0.15, 0.2) is 97.1 Å². The topological polar surface area (TPSA) is 104 Å². The number of nitrogen functional groups attached to an aromatic ring is 4. The van der Waals surface area contributed by atoms with E-state index in [9.17, 15) is 52.7 Å². The van der Waals surface area contributed by atoms with Gasteiger partial charge < -0.3 is 22.9 Å². The number of nitrogens with two attached hydrogens (primary N) is 4. The quantitative estimate of drug-likeness (QED) is 0.0754. The van der Waals surface area contributed by atoms with Gasteiger partial charge in [-0.2, -0.15) is 52.7 Å². The van der Waals surface area contributed by atoms with E-state index < -0.39 is 58.8 Å². The molecule has 5 aromatic carbocycles. The van der Waals surface area contributed by atoms with Crippen LogP contribution in [0.2, 0.25) is 0 Å². The fourth-order valence-corrected chi connectivity index (χ4v) is 6.16. The van der Waals surface area contributed by atoms with E-state index in [2.05, 4.69) is 0 Å². The third-order valence-electron chi connectivity index (χ3n) is 8.75. The molecular formula is C37H28F12N4. The van der Waals surface area contributed by atoms with Gasteiger partial charge in [0.2, 0.25) is 0 Å². The van der Waals surface area contributed by atoms with Crippen molar-refractivity contribution in [2.45, 2.75) is 43.0 Å². The van der Waals surface area contributed by atoms with Gasteiger partial charge in [0.1, 0.15) is 0 Å². The van der Waals surface area contributed by atoms with Crippen molar-refractivity contribution in [1.82, 2.24) is 0 Å². The zero-order valence-electron chi connectivity index (χ0n) is 26.9. The van der Waals surface area contributed by atoms with E-state index in [1.165, 1.54) is 24.3 Å². The standard InChI is InChI=1S/C37H28F12N4/c38-34(39,40)20-4-8-29(50)25(14-20)24(26-15-21(35(41,42)43)5-9-30(26)51)13-18-2-1-3-19(12-18)33(27-16-22(36(44,45)46)6-10-31(27)52)28-17-23(37(47,48)49)7-11-32(28)53/h1-12,14-17,24,33H,13,50-53H2. The van der Waals surface area contributed by atoms with Crippen LogP contribution < -0.4 is 22.9 Å². The minimum absolute atomic E-state index is 0.0485. The molecule has 0 saturated heterocycles. The number of anilines is 4. The minimum Gasteiger partial charge on any atom is -0.398 e. The normalized spacial score (nSPS) is 12.9. The van der Waals surface area contributed by atoms with Gasteiger partial charge in [0, 0.05) is 34.6 Å². The molecule has 0 aliphatic carbocycles. The summed E-state index contributed by atoms with van der Waals surface area (Å²) >= 11 is 0. The number of alkyl halides is 12. The molecule has 0 radical (unpaired) electrons. The van der Waals surface area contributed by atoms with Crippen molar-refractivity contribution in [1.29, 1.82) is 0 Å². The maximum Gasteiger partial charge on any atom is 0.416 e. The van der Waals surface area contributed by atoms with Gasteiger partial charge in [-0.15, -0.1) is 0 Å². The van der Waals surface area contributed by atoms with E-state index in [-0.39, 0.29) is 62.6 Å². The molecule has 0 amide bonds. The van der Waals surface area contributed by atoms with E-state index >= 15 is 0 Å². The first-order chi connectivity index (χ1) is 24.4. The summed E-state index contributed by atoms with van der Waals surface area (Å²) in [6.45, 7) is 0. The lowest BCUT2D eigenvalue weighted by molar-refractivity contribution is -0.138. The van der Waals surface area contributed by atoms with Gasteiger partial charge >= 0.3 is 24.7 Å². The average molecular weight is 757 g/mol. The SMILES string of the molecule is Nc1ccc(C(F)(F)F)cc1C(Cc1cccc(C(c2cc(C(F)(F)F)ccc2N)c2cc(C(F)(F)F)ccc2N)c1)c1cc(C(F)(F)F)ccc1N. The van der Waals surface area contributed by atoms with Crippen molar-refractivity contribution in [2.24, 2.45) is 0 Å². The van der Waals surface area contributed by atoms with Crippen LogP contribution in [0, 0.1) is 0 Å². The van der Waals surface area contributed by atoms with Gasteiger partial charge in [0.05, 0.1) is 22.3 Å². The lowest BCUT2D eigenvalue weighted by Crippen LogP contribution is -2.16. The Balaban J connectivity index is 1.75. The predicted octanol–water partition coefficient (Wildman–Crippen LogP) is 10.6. The Hall–Kier alpha value is -5.54. The molecule has 0 unspecified atom stereocenters. The molecular weight excluding hydrogens is 728 g/mol. The highest BCUT2D eigenvalue weighted by Gasteiger charge is 2.37. The van der Waals surface area contributed by atoms with Crippen LogP contribution in [-0.2, 0) is 31.1 Å². The third kappa shape index (κ3) is 8.42. The smallest absolute Gasteiger partial charge is 0.398 e. The second-order valence-corrected chi connectivity index (χ2v) is 12.3. The van der Waals surface area contributed by atoms with Gasteiger partial charge in [0.25, 0.3) is 0 Å². The fraction of sp³-hybridized carbons (Fsp3) is 0.189. The lowest BCUT2D eigenvalue weighted by Gasteiger charge is -2.26. The van der Waals surface area contributed by atoms with E-state index in [4.69, 9.17) is 22.9 Å². The molecule has 8 N–H and O–H groups in total. The molecule has 0 spiro atoms. The minimum atomic E-state index is -4.89. The van der Waals surface area contributed by atoms with E-state index in [1.807, 2.05) is 0 Å². The molecule has 4 nitrogen and oxygen atoms in total. The summed E-state index contributed by atoms with van der Waals surface area (Å²) in [4.78, 5) is 0. The Bertz CT molecular complexity index is 2010. The molecule has 5 aromatic rings. The Morgan fingerprint density at radius 2 is 0.717 bits per heavy atom. The van der Waals surface area contributed by atoms with Crippen LogP contribution in [0.5, 0.6) is 0 Å². The van der Waals surface area contributed by atoms with Gasteiger partial charge in [-0.3, -0.25) is 0 Å². The molecule has 5 rings (SSSR count). The summed E-state index contributed by atoms with van der Waals surface area (Å²) in [6.07, 6.45) is -19.9.